The van der Waals surface area contributed by atoms with Crippen LogP contribution in [0.2, 0.25) is 0 Å². The zero-order valence-corrected chi connectivity index (χ0v) is 20.1. The van der Waals surface area contributed by atoms with Crippen LogP contribution in [-0.4, -0.2) is 44.4 Å². The van der Waals surface area contributed by atoms with E-state index < -0.39 is 0 Å². The second-order valence-electron chi connectivity index (χ2n) is 6.90. The van der Waals surface area contributed by atoms with Crippen LogP contribution in [0, 0.1) is 11.6 Å². The molecular weight excluding hydrogens is 525 g/mol. The van der Waals surface area contributed by atoms with Gasteiger partial charge in [0.25, 0.3) is 0 Å². The van der Waals surface area contributed by atoms with Crippen LogP contribution >= 0.6 is 0 Å². The summed E-state index contributed by atoms with van der Waals surface area (Å²) in [4.78, 5) is 7.68. The van der Waals surface area contributed by atoms with E-state index in [1.54, 1.807) is 85.5 Å². The van der Waals surface area contributed by atoms with E-state index in [4.69, 9.17) is 10.2 Å². The Labute approximate surface area is 221 Å². The van der Waals surface area contributed by atoms with Gasteiger partial charge in [-0.25, -0.2) is 8.78 Å². The summed E-state index contributed by atoms with van der Waals surface area (Å²) in [5, 5.41) is 30.1. The van der Waals surface area contributed by atoms with Gasteiger partial charge < -0.3 is 10.2 Å². The summed E-state index contributed by atoms with van der Waals surface area (Å²) < 4.78 is 26.5. The molecule has 4 N–H and O–H groups in total. The predicted molar refractivity (Wildman–Crippen MR) is 137 cm³/mol. The largest absolute Gasteiger partial charge is 0.577 e. The van der Waals surface area contributed by atoms with E-state index >= 15 is 0 Å². The van der Waals surface area contributed by atoms with Crippen LogP contribution in [0.5, 0.6) is 0 Å². The van der Waals surface area contributed by atoms with E-state index in [-0.39, 0.29) is 39.9 Å². The van der Waals surface area contributed by atoms with Gasteiger partial charge in [0.2, 0.25) is 0 Å². The molecule has 0 amide bonds. The molecule has 4 rings (SSSR count). The molecule has 0 atom stereocenters. The van der Waals surface area contributed by atoms with Gasteiger partial charge in [-0.3, -0.25) is 9.97 Å². The normalized spacial score (nSPS) is 11.6. The van der Waals surface area contributed by atoms with Gasteiger partial charge in [-0.1, -0.05) is 46.6 Å². The molecular formula is C26H22F2N6NiO2+2. The predicted octanol–water partition coefficient (Wildman–Crippen LogP) is 3.45. The minimum Gasteiger partial charge on any atom is -0.577 e. The summed E-state index contributed by atoms with van der Waals surface area (Å²) in [7, 11) is 0. The fourth-order valence-corrected chi connectivity index (χ4v) is 2.59. The molecule has 8 nitrogen and oxygen atoms in total. The number of aromatic nitrogens is 2. The SMILES string of the molecule is [Ni].[OH2+]/C(=N\N=C\c1ccccc1F)c1ccncc1.[OH2+]/C(=N\N=C\c1ccccc1F)c1ccncc1. The first-order valence-electron chi connectivity index (χ1n) is 10.5. The van der Waals surface area contributed by atoms with Crippen LogP contribution in [0.4, 0.5) is 8.78 Å². The van der Waals surface area contributed by atoms with Crippen LogP contribution in [-0.2, 0) is 16.5 Å². The second kappa shape index (κ2) is 15.4. The molecule has 0 aliphatic rings. The Morgan fingerprint density at radius 1 is 0.595 bits per heavy atom. The molecule has 0 aliphatic carbocycles. The maximum atomic E-state index is 13.2. The van der Waals surface area contributed by atoms with Gasteiger partial charge in [0.15, 0.2) is 0 Å². The van der Waals surface area contributed by atoms with E-state index in [1.165, 1.54) is 24.6 Å². The topological polar surface area (TPSA) is 121 Å². The van der Waals surface area contributed by atoms with Crippen molar-refractivity contribution in [2.45, 2.75) is 0 Å². The van der Waals surface area contributed by atoms with E-state index in [2.05, 4.69) is 30.4 Å². The summed E-state index contributed by atoms with van der Waals surface area (Å²) >= 11 is 0. The Morgan fingerprint density at radius 3 is 1.30 bits per heavy atom. The molecule has 0 saturated carbocycles. The zero-order chi connectivity index (χ0) is 25.6. The maximum absolute atomic E-state index is 13.2. The van der Waals surface area contributed by atoms with Crippen molar-refractivity contribution in [3.05, 3.63) is 131 Å². The average Bonchev–Trinajstić information content (AvgIpc) is 2.92. The molecule has 0 aliphatic heterocycles. The third-order valence-electron chi connectivity index (χ3n) is 4.43. The van der Waals surface area contributed by atoms with Crippen molar-refractivity contribution < 1.29 is 35.5 Å². The zero-order valence-electron chi connectivity index (χ0n) is 19.1. The number of pyridine rings is 2. The smallest absolute Gasteiger partial charge is 0.383 e. The molecule has 0 bridgehead atoms. The van der Waals surface area contributed by atoms with Crippen molar-refractivity contribution in [3.63, 3.8) is 0 Å². The minimum atomic E-state index is -0.369. The Morgan fingerprint density at radius 2 is 0.946 bits per heavy atom. The van der Waals surface area contributed by atoms with Crippen molar-refractivity contribution in [1.82, 2.24) is 9.97 Å². The van der Waals surface area contributed by atoms with Gasteiger partial charge in [-0.2, -0.15) is 10.2 Å². The van der Waals surface area contributed by atoms with E-state index in [0.29, 0.717) is 22.3 Å². The van der Waals surface area contributed by atoms with Crippen molar-refractivity contribution in [2.75, 3.05) is 0 Å². The van der Waals surface area contributed by atoms with Crippen molar-refractivity contribution in [3.8, 4) is 0 Å². The van der Waals surface area contributed by atoms with Crippen molar-refractivity contribution >= 4 is 24.2 Å². The summed E-state index contributed by atoms with van der Waals surface area (Å²) in [6.45, 7) is 0. The Bertz CT molecular complexity index is 1280. The molecule has 0 radical (unpaired) electrons. The average molecular weight is 547 g/mol. The fourth-order valence-electron chi connectivity index (χ4n) is 2.59. The van der Waals surface area contributed by atoms with Gasteiger partial charge in [0, 0.05) is 52.4 Å². The molecule has 2 heterocycles. The number of hydrogen-bond donors (Lipinski definition) is 0. The van der Waals surface area contributed by atoms with E-state index in [9.17, 15) is 8.78 Å². The molecule has 0 unspecified atom stereocenters. The van der Waals surface area contributed by atoms with E-state index in [1.807, 2.05) is 0 Å². The van der Waals surface area contributed by atoms with Gasteiger partial charge in [0.05, 0.1) is 23.6 Å². The summed E-state index contributed by atoms with van der Waals surface area (Å²) in [6, 6.07) is 19.1. The summed E-state index contributed by atoms with van der Waals surface area (Å²) in [5.74, 6) is -0.728. The van der Waals surface area contributed by atoms with Gasteiger partial charge in [-0.05, 0) is 36.4 Å². The van der Waals surface area contributed by atoms with Gasteiger partial charge >= 0.3 is 11.8 Å². The first kappa shape index (κ1) is 28.6. The Balaban J connectivity index is 0.000000253. The van der Waals surface area contributed by atoms with Gasteiger partial charge in [0.1, 0.15) is 11.6 Å². The molecule has 0 saturated heterocycles. The molecule has 4 aromatic rings. The summed E-state index contributed by atoms with van der Waals surface area (Å²) in [6.07, 6.45) is 8.84. The molecule has 37 heavy (non-hydrogen) atoms. The number of nitrogens with zero attached hydrogens (tertiary/aromatic N) is 6. The molecule has 11 heteroatoms. The van der Waals surface area contributed by atoms with E-state index in [0.717, 1.165) is 0 Å². The molecule has 190 valence electrons. The molecule has 2 aromatic carbocycles. The standard InChI is InChI=1S/2C13H10FN3O.Ni/c2*14-12-4-2-1-3-11(12)9-16-17-13(18)10-5-7-15-8-6-10;/h2*1-9H,(H,17,18);/p+2/b2*16-9+;. The maximum Gasteiger partial charge on any atom is 0.383 e. The van der Waals surface area contributed by atoms with Crippen molar-refractivity contribution in [2.24, 2.45) is 20.4 Å². The number of benzene rings is 2. The van der Waals surface area contributed by atoms with Crippen LogP contribution in [0.3, 0.4) is 0 Å². The summed E-state index contributed by atoms with van der Waals surface area (Å²) in [5.41, 5.74) is 1.89. The monoisotopic (exact) mass is 546 g/mol. The second-order valence-corrected chi connectivity index (χ2v) is 6.90. The minimum absolute atomic E-state index is 0. The number of rotatable bonds is 6. The third kappa shape index (κ3) is 9.50. The quantitative estimate of drug-likeness (QED) is 0.121. The van der Waals surface area contributed by atoms with Crippen molar-refractivity contribution in [1.29, 1.82) is 0 Å². The molecule has 0 spiro atoms. The first-order valence-corrected chi connectivity index (χ1v) is 10.5. The fraction of sp³-hybridized carbons (Fsp3) is 0. The third-order valence-corrected chi connectivity index (χ3v) is 4.43. The van der Waals surface area contributed by atoms with Crippen LogP contribution in [0.15, 0.2) is 118 Å². The Kier molecular flexibility index (Phi) is 11.9. The first-order chi connectivity index (χ1) is 17.5. The number of hydrogen-bond acceptors (Lipinski definition) is 6. The number of halogens is 2. The molecule has 2 aromatic heterocycles. The van der Waals surface area contributed by atoms with Crippen LogP contribution < -0.4 is 0 Å². The molecule has 0 fully saturated rings. The Hall–Kier alpha value is -4.63. The van der Waals surface area contributed by atoms with Crippen LogP contribution in [0.1, 0.15) is 22.3 Å². The van der Waals surface area contributed by atoms with Gasteiger partial charge in [-0.15, -0.1) is 0 Å². The van der Waals surface area contributed by atoms with Crippen LogP contribution in [0.25, 0.3) is 0 Å².